The maximum absolute atomic E-state index is 13.2. The standard InChI is InChI=1S/C17H33O4P/c1-10-11-12-19-15(14(2)3)13-22(18,20-16(4,5)6)21-17(7,8)9/h10-11H,12-13H2,1-9H3/b11-10+. The molecule has 0 amide bonds. The molecule has 0 rings (SSSR count). The minimum absolute atomic E-state index is 0.140. The molecular formula is C17H33O4P. The molecule has 0 saturated heterocycles. The van der Waals surface area contributed by atoms with E-state index in [0.717, 1.165) is 5.57 Å². The third-order valence-electron chi connectivity index (χ3n) is 2.31. The Balaban J connectivity index is 5.33. The molecule has 0 saturated carbocycles. The minimum Gasteiger partial charge on any atom is -0.493 e. The molecule has 0 atom stereocenters. The summed E-state index contributed by atoms with van der Waals surface area (Å²) in [5, 5.41) is 0. The van der Waals surface area contributed by atoms with E-state index in [9.17, 15) is 4.57 Å². The zero-order chi connectivity index (χ0) is 17.6. The van der Waals surface area contributed by atoms with Crippen LogP contribution >= 0.6 is 7.60 Å². The van der Waals surface area contributed by atoms with Gasteiger partial charge in [-0.1, -0.05) is 12.2 Å². The lowest BCUT2D eigenvalue weighted by molar-refractivity contribution is 0.0486. The summed E-state index contributed by atoms with van der Waals surface area (Å²) in [7, 11) is -3.33. The number of allylic oxidation sites excluding steroid dienone is 3. The monoisotopic (exact) mass is 332 g/mol. The lowest BCUT2D eigenvalue weighted by Crippen LogP contribution is -2.25. The van der Waals surface area contributed by atoms with Crippen molar-refractivity contribution in [2.75, 3.05) is 12.8 Å². The van der Waals surface area contributed by atoms with Crippen LogP contribution in [0.15, 0.2) is 23.5 Å². The Hall–Kier alpha value is -0.570. The van der Waals surface area contributed by atoms with Crippen LogP contribution in [0.3, 0.4) is 0 Å². The summed E-state index contributed by atoms with van der Waals surface area (Å²) in [6.07, 6.45) is 3.96. The Labute approximate surface area is 136 Å². The molecule has 0 aliphatic rings. The van der Waals surface area contributed by atoms with Crippen LogP contribution in [0, 0.1) is 0 Å². The third kappa shape index (κ3) is 10.2. The highest BCUT2D eigenvalue weighted by Gasteiger charge is 2.36. The van der Waals surface area contributed by atoms with Crippen molar-refractivity contribution in [3.63, 3.8) is 0 Å². The van der Waals surface area contributed by atoms with Gasteiger partial charge in [0.05, 0.1) is 11.2 Å². The maximum atomic E-state index is 13.2. The molecule has 0 aromatic carbocycles. The highest BCUT2D eigenvalue weighted by molar-refractivity contribution is 7.54. The van der Waals surface area contributed by atoms with Gasteiger partial charge in [-0.2, -0.15) is 0 Å². The van der Waals surface area contributed by atoms with Gasteiger partial charge in [-0.25, -0.2) is 0 Å². The molecule has 0 spiro atoms. The van der Waals surface area contributed by atoms with Gasteiger partial charge in [-0.15, -0.1) is 0 Å². The third-order valence-corrected chi connectivity index (χ3v) is 4.64. The van der Waals surface area contributed by atoms with Gasteiger partial charge in [-0.3, -0.25) is 4.57 Å². The van der Waals surface area contributed by atoms with Crippen LogP contribution in [0.2, 0.25) is 0 Å². The second kappa shape index (κ2) is 8.33. The van der Waals surface area contributed by atoms with Crippen LogP contribution in [0.4, 0.5) is 0 Å². The van der Waals surface area contributed by atoms with Crippen molar-refractivity contribution >= 4 is 7.60 Å². The van der Waals surface area contributed by atoms with E-state index in [2.05, 4.69) is 0 Å². The lowest BCUT2D eigenvalue weighted by atomic mass is 10.2. The van der Waals surface area contributed by atoms with E-state index in [1.807, 2.05) is 74.5 Å². The fraction of sp³-hybridized carbons (Fsp3) is 0.765. The quantitative estimate of drug-likeness (QED) is 0.341. The summed E-state index contributed by atoms with van der Waals surface area (Å²) in [6.45, 7) is 17.5. The Morgan fingerprint density at radius 2 is 1.45 bits per heavy atom. The molecule has 22 heavy (non-hydrogen) atoms. The van der Waals surface area contributed by atoms with Crippen molar-refractivity contribution in [1.29, 1.82) is 0 Å². The number of rotatable bonds is 7. The zero-order valence-electron chi connectivity index (χ0n) is 15.6. The van der Waals surface area contributed by atoms with E-state index in [1.165, 1.54) is 0 Å². The van der Waals surface area contributed by atoms with Gasteiger partial charge in [0.1, 0.15) is 18.5 Å². The SMILES string of the molecule is C/C=C/COC(CP(=O)(OC(C)(C)C)OC(C)(C)C)=C(C)C. The largest absolute Gasteiger partial charge is 0.493 e. The molecule has 0 fully saturated rings. The van der Waals surface area contributed by atoms with E-state index in [1.54, 1.807) is 0 Å². The fourth-order valence-electron chi connectivity index (χ4n) is 1.69. The second-order valence-corrected chi connectivity index (χ2v) is 9.38. The van der Waals surface area contributed by atoms with Crippen LogP contribution in [0.1, 0.15) is 62.3 Å². The van der Waals surface area contributed by atoms with Gasteiger partial charge in [-0.05, 0) is 67.9 Å². The number of ether oxygens (including phenoxy) is 1. The number of hydrogen-bond acceptors (Lipinski definition) is 4. The molecule has 0 aromatic rings. The summed E-state index contributed by atoms with van der Waals surface area (Å²) >= 11 is 0. The first-order valence-electron chi connectivity index (χ1n) is 7.69. The molecule has 4 nitrogen and oxygen atoms in total. The van der Waals surface area contributed by atoms with E-state index in [-0.39, 0.29) is 6.16 Å². The van der Waals surface area contributed by atoms with Gasteiger partial charge < -0.3 is 13.8 Å². The molecule has 0 aliphatic carbocycles. The smallest absolute Gasteiger partial charge is 0.339 e. The molecule has 0 radical (unpaired) electrons. The Morgan fingerprint density at radius 1 is 1.00 bits per heavy atom. The van der Waals surface area contributed by atoms with Crippen molar-refractivity contribution in [2.45, 2.75) is 73.5 Å². The van der Waals surface area contributed by atoms with Crippen LogP contribution in [-0.2, 0) is 18.3 Å². The highest BCUT2D eigenvalue weighted by Crippen LogP contribution is 2.55. The first-order chi connectivity index (χ1) is 9.78. The van der Waals surface area contributed by atoms with Crippen molar-refractivity contribution in [3.8, 4) is 0 Å². The van der Waals surface area contributed by atoms with Gasteiger partial charge in [0, 0.05) is 0 Å². The molecule has 0 aromatic heterocycles. The van der Waals surface area contributed by atoms with E-state index >= 15 is 0 Å². The summed E-state index contributed by atoms with van der Waals surface area (Å²) in [6, 6.07) is 0. The van der Waals surface area contributed by atoms with Crippen molar-refractivity contribution in [1.82, 2.24) is 0 Å². The van der Waals surface area contributed by atoms with Gasteiger partial charge in [0.15, 0.2) is 0 Å². The first-order valence-corrected chi connectivity index (χ1v) is 9.42. The number of hydrogen-bond donors (Lipinski definition) is 0. The molecule has 0 heterocycles. The van der Waals surface area contributed by atoms with Gasteiger partial charge in [0.25, 0.3) is 0 Å². The Bertz CT molecular complexity index is 426. The van der Waals surface area contributed by atoms with Crippen LogP contribution in [-0.4, -0.2) is 24.0 Å². The van der Waals surface area contributed by atoms with Gasteiger partial charge in [0.2, 0.25) is 0 Å². The predicted molar refractivity (Wildman–Crippen MR) is 93.3 cm³/mol. The lowest BCUT2D eigenvalue weighted by Gasteiger charge is -2.32. The normalized spacial score (nSPS) is 13.5. The van der Waals surface area contributed by atoms with Crippen molar-refractivity contribution < 1.29 is 18.3 Å². The first kappa shape index (κ1) is 21.4. The minimum atomic E-state index is -3.33. The van der Waals surface area contributed by atoms with E-state index in [4.69, 9.17) is 13.8 Å². The predicted octanol–water partition coefficient (Wildman–Crippen LogP) is 5.70. The van der Waals surface area contributed by atoms with Crippen LogP contribution in [0.5, 0.6) is 0 Å². The summed E-state index contributed by atoms with van der Waals surface area (Å²) < 4.78 is 30.5. The van der Waals surface area contributed by atoms with E-state index < -0.39 is 18.8 Å². The molecule has 130 valence electrons. The van der Waals surface area contributed by atoms with Crippen molar-refractivity contribution in [3.05, 3.63) is 23.5 Å². The highest BCUT2D eigenvalue weighted by atomic mass is 31.2. The molecule has 0 bridgehead atoms. The molecular weight excluding hydrogens is 299 g/mol. The molecule has 0 aliphatic heterocycles. The van der Waals surface area contributed by atoms with Crippen molar-refractivity contribution in [2.24, 2.45) is 0 Å². The average Bonchev–Trinajstić information content (AvgIpc) is 2.21. The fourth-order valence-corrected chi connectivity index (χ4v) is 4.28. The summed E-state index contributed by atoms with van der Waals surface area (Å²) in [5.74, 6) is 0.662. The summed E-state index contributed by atoms with van der Waals surface area (Å²) in [4.78, 5) is 0. The topological polar surface area (TPSA) is 44.8 Å². The van der Waals surface area contributed by atoms with E-state index in [0.29, 0.717) is 12.4 Å². The van der Waals surface area contributed by atoms with Crippen LogP contribution < -0.4 is 0 Å². The molecule has 0 N–H and O–H groups in total. The second-order valence-electron chi connectivity index (χ2n) is 7.48. The Morgan fingerprint density at radius 3 is 1.77 bits per heavy atom. The molecule has 5 heteroatoms. The average molecular weight is 332 g/mol. The van der Waals surface area contributed by atoms with Gasteiger partial charge >= 0.3 is 7.60 Å². The van der Waals surface area contributed by atoms with Crippen LogP contribution in [0.25, 0.3) is 0 Å². The molecule has 0 unspecified atom stereocenters. The zero-order valence-corrected chi connectivity index (χ0v) is 16.5. The summed E-state index contributed by atoms with van der Waals surface area (Å²) in [5.41, 5.74) is -0.145. The Kier molecular flexibility index (Phi) is 8.11. The maximum Gasteiger partial charge on any atom is 0.339 e.